The summed E-state index contributed by atoms with van der Waals surface area (Å²) in [5.74, 6) is -2.93. The average Bonchev–Trinajstić information content (AvgIpc) is 3.14. The Hall–Kier alpha value is -2.66. The van der Waals surface area contributed by atoms with Crippen LogP contribution in [0, 0.1) is 11.6 Å². The van der Waals surface area contributed by atoms with Gasteiger partial charge >= 0.3 is 5.97 Å². The van der Waals surface area contributed by atoms with E-state index >= 15 is 8.78 Å². The monoisotopic (exact) mass is 492 g/mol. The molecule has 0 saturated carbocycles. The number of hydrogen-bond donors (Lipinski definition) is 0. The van der Waals surface area contributed by atoms with E-state index < -0.39 is 23.0 Å². The molecule has 0 atom stereocenters. The lowest BCUT2D eigenvalue weighted by Crippen LogP contribution is -2.38. The molecule has 0 amide bonds. The first kappa shape index (κ1) is 23.1. The summed E-state index contributed by atoms with van der Waals surface area (Å²) in [6.07, 6.45) is 5.45. The standard InChI is InChI=1S/C23H26F2N4O4S/c1-2-33-22(31)14-13-29-19-15(20(14)30)18(27-9-11-32-12-10-27)16(24)17(25)21(19)34-23(26-29)28-7-5-3-4-6-8-28/h13H,2-12H2,1H3. The molecule has 5 rings (SSSR count). The Labute approximate surface area is 199 Å². The largest absolute Gasteiger partial charge is 0.462 e. The second kappa shape index (κ2) is 9.53. The van der Waals surface area contributed by atoms with Crippen molar-refractivity contribution in [2.45, 2.75) is 37.5 Å². The van der Waals surface area contributed by atoms with Crippen molar-refractivity contribution >= 4 is 39.5 Å². The van der Waals surface area contributed by atoms with Crippen molar-refractivity contribution in [2.24, 2.45) is 5.10 Å². The van der Waals surface area contributed by atoms with Gasteiger partial charge in [0.2, 0.25) is 5.43 Å². The van der Waals surface area contributed by atoms with Gasteiger partial charge in [-0.15, -0.1) is 5.10 Å². The molecular weight excluding hydrogens is 466 g/mol. The van der Waals surface area contributed by atoms with Crippen molar-refractivity contribution in [1.29, 1.82) is 0 Å². The molecule has 2 fully saturated rings. The van der Waals surface area contributed by atoms with Gasteiger partial charge in [-0.3, -0.25) is 4.79 Å². The molecule has 3 aliphatic heterocycles. The highest BCUT2D eigenvalue weighted by atomic mass is 32.2. The molecule has 0 spiro atoms. The molecule has 8 nitrogen and oxygen atoms in total. The number of morpholine rings is 1. The number of amidine groups is 1. The van der Waals surface area contributed by atoms with Crippen LogP contribution >= 0.6 is 11.8 Å². The summed E-state index contributed by atoms with van der Waals surface area (Å²) in [7, 11) is 0. The Kier molecular flexibility index (Phi) is 6.48. The zero-order valence-corrected chi connectivity index (χ0v) is 19.8. The number of anilines is 1. The van der Waals surface area contributed by atoms with Crippen LogP contribution in [0.25, 0.3) is 10.9 Å². The Bertz CT molecular complexity index is 1220. The lowest BCUT2D eigenvalue weighted by atomic mass is 10.1. The fraction of sp³-hybridized carbons (Fsp3) is 0.522. The van der Waals surface area contributed by atoms with Crippen LogP contribution in [-0.4, -0.2) is 66.7 Å². The van der Waals surface area contributed by atoms with Crippen LogP contribution in [0.15, 0.2) is 21.0 Å². The Morgan fingerprint density at radius 3 is 2.47 bits per heavy atom. The first-order valence-electron chi connectivity index (χ1n) is 11.6. The maximum absolute atomic E-state index is 15.6. The number of carbonyl (C=O) groups excluding carboxylic acids is 1. The van der Waals surface area contributed by atoms with Crippen molar-refractivity contribution in [3.8, 4) is 0 Å². The fourth-order valence-electron chi connectivity index (χ4n) is 4.66. The highest BCUT2D eigenvalue weighted by molar-refractivity contribution is 8.14. The maximum atomic E-state index is 15.6. The quantitative estimate of drug-likeness (QED) is 0.608. The molecule has 2 saturated heterocycles. The number of carbonyl (C=O) groups is 1. The molecule has 4 heterocycles. The minimum Gasteiger partial charge on any atom is -0.462 e. The van der Waals surface area contributed by atoms with Gasteiger partial charge in [-0.05, 0) is 31.5 Å². The third-order valence-corrected chi connectivity index (χ3v) is 7.43. The van der Waals surface area contributed by atoms with E-state index in [4.69, 9.17) is 9.47 Å². The molecule has 0 N–H and O–H groups in total. The second-order valence-electron chi connectivity index (χ2n) is 8.45. The predicted octanol–water partition coefficient (Wildman–Crippen LogP) is 3.39. The number of hydrogen-bond acceptors (Lipinski definition) is 8. The second-order valence-corrected chi connectivity index (χ2v) is 9.43. The molecule has 0 aliphatic carbocycles. The Morgan fingerprint density at radius 1 is 1.09 bits per heavy atom. The summed E-state index contributed by atoms with van der Waals surface area (Å²) in [5.41, 5.74) is -0.937. The van der Waals surface area contributed by atoms with Crippen LogP contribution in [0.5, 0.6) is 0 Å². The lowest BCUT2D eigenvalue weighted by molar-refractivity contribution is 0.0524. The van der Waals surface area contributed by atoms with Gasteiger partial charge in [-0.2, -0.15) is 0 Å². The van der Waals surface area contributed by atoms with Gasteiger partial charge in [0.1, 0.15) is 5.56 Å². The van der Waals surface area contributed by atoms with E-state index in [1.807, 2.05) is 0 Å². The van der Waals surface area contributed by atoms with E-state index in [-0.39, 0.29) is 33.7 Å². The molecule has 182 valence electrons. The Morgan fingerprint density at radius 2 is 1.79 bits per heavy atom. The minimum absolute atomic E-state index is 0.00580. The van der Waals surface area contributed by atoms with Gasteiger partial charge in [-0.25, -0.2) is 18.3 Å². The number of aromatic nitrogens is 1. The normalized spacial score (nSPS) is 18.6. The molecule has 34 heavy (non-hydrogen) atoms. The summed E-state index contributed by atoms with van der Waals surface area (Å²) >= 11 is 1.04. The SMILES string of the molecule is CCOC(=O)c1cn2c3c(c(F)c(F)c(N4CCOCC4)c3c1=O)SC(N1CCCCCC1)=N2. The zero-order valence-electron chi connectivity index (χ0n) is 18.9. The zero-order chi connectivity index (χ0) is 23.8. The molecule has 0 unspecified atom stereocenters. The molecular formula is C23H26F2N4O4S. The average molecular weight is 493 g/mol. The van der Waals surface area contributed by atoms with Gasteiger partial charge in [0, 0.05) is 32.4 Å². The van der Waals surface area contributed by atoms with Crippen molar-refractivity contribution < 1.29 is 23.0 Å². The molecule has 1 aromatic heterocycles. The number of pyridine rings is 1. The summed E-state index contributed by atoms with van der Waals surface area (Å²) < 4.78 is 43.0. The molecule has 0 radical (unpaired) electrons. The van der Waals surface area contributed by atoms with Gasteiger partial charge < -0.3 is 19.3 Å². The third-order valence-electron chi connectivity index (χ3n) is 6.33. The van der Waals surface area contributed by atoms with E-state index in [2.05, 4.69) is 10.0 Å². The number of thioether (sulfide) groups is 1. The molecule has 0 bridgehead atoms. The van der Waals surface area contributed by atoms with Crippen molar-refractivity contribution in [3.63, 3.8) is 0 Å². The van der Waals surface area contributed by atoms with E-state index in [0.717, 1.165) is 50.5 Å². The topological polar surface area (TPSA) is 76.4 Å². The van der Waals surface area contributed by atoms with E-state index in [9.17, 15) is 9.59 Å². The van der Waals surface area contributed by atoms with Gasteiger partial charge in [0.05, 0.1) is 41.3 Å². The van der Waals surface area contributed by atoms with Crippen molar-refractivity contribution in [3.05, 3.63) is 33.6 Å². The number of esters is 1. The molecule has 3 aliphatic rings. The predicted molar refractivity (Wildman–Crippen MR) is 126 cm³/mol. The van der Waals surface area contributed by atoms with Crippen LogP contribution in [0.3, 0.4) is 0 Å². The summed E-state index contributed by atoms with van der Waals surface area (Å²) in [6, 6.07) is 0. The molecule has 1 aromatic carbocycles. The number of nitrogens with zero attached hydrogens (tertiary/aromatic N) is 4. The minimum atomic E-state index is -1.10. The highest BCUT2D eigenvalue weighted by Crippen LogP contribution is 2.42. The third kappa shape index (κ3) is 3.94. The number of benzene rings is 1. The van der Waals surface area contributed by atoms with Crippen LogP contribution in [0.2, 0.25) is 0 Å². The smallest absolute Gasteiger partial charge is 0.343 e. The Balaban J connectivity index is 1.77. The van der Waals surface area contributed by atoms with Gasteiger partial charge in [-0.1, -0.05) is 12.8 Å². The van der Waals surface area contributed by atoms with Crippen LogP contribution in [0.1, 0.15) is 43.0 Å². The van der Waals surface area contributed by atoms with Crippen LogP contribution in [-0.2, 0) is 9.47 Å². The van der Waals surface area contributed by atoms with Gasteiger partial charge in [0.25, 0.3) is 0 Å². The molecule has 11 heteroatoms. The highest BCUT2D eigenvalue weighted by Gasteiger charge is 2.34. The van der Waals surface area contributed by atoms with Crippen LogP contribution < -0.4 is 10.3 Å². The summed E-state index contributed by atoms with van der Waals surface area (Å²) in [6.45, 7) is 4.46. The fourth-order valence-corrected chi connectivity index (χ4v) is 5.76. The van der Waals surface area contributed by atoms with E-state index in [1.165, 1.54) is 10.9 Å². The number of likely N-dealkylation sites (tertiary alicyclic amines) is 1. The maximum Gasteiger partial charge on any atom is 0.343 e. The summed E-state index contributed by atoms with van der Waals surface area (Å²) in [5, 5.41) is 5.13. The lowest BCUT2D eigenvalue weighted by Gasteiger charge is -2.32. The number of halogens is 2. The first-order valence-corrected chi connectivity index (χ1v) is 12.4. The number of rotatable bonds is 3. The molecule has 2 aromatic rings. The first-order chi connectivity index (χ1) is 16.5. The van der Waals surface area contributed by atoms with E-state index in [1.54, 1.807) is 11.8 Å². The van der Waals surface area contributed by atoms with Crippen LogP contribution in [0.4, 0.5) is 14.5 Å². The number of ether oxygens (including phenoxy) is 2. The summed E-state index contributed by atoms with van der Waals surface area (Å²) in [4.78, 5) is 29.8. The van der Waals surface area contributed by atoms with Gasteiger partial charge in [0.15, 0.2) is 16.8 Å². The van der Waals surface area contributed by atoms with Crippen molar-refractivity contribution in [1.82, 2.24) is 9.58 Å². The van der Waals surface area contributed by atoms with Crippen molar-refractivity contribution in [2.75, 3.05) is 50.9 Å². The van der Waals surface area contributed by atoms with E-state index in [0.29, 0.717) is 31.5 Å².